The predicted octanol–water partition coefficient (Wildman–Crippen LogP) is 2.08. The van der Waals surface area contributed by atoms with E-state index < -0.39 is 10.0 Å². The average molecular weight is 284 g/mol. The molecule has 0 aromatic heterocycles. The summed E-state index contributed by atoms with van der Waals surface area (Å²) in [5.41, 5.74) is 8.28. The van der Waals surface area contributed by atoms with Crippen molar-refractivity contribution in [3.8, 4) is 0 Å². The Hall–Kier alpha value is -0.910. The van der Waals surface area contributed by atoms with Gasteiger partial charge in [-0.25, -0.2) is 13.1 Å². The number of rotatable bonds is 5. The molecule has 0 heterocycles. The summed E-state index contributed by atoms with van der Waals surface area (Å²) in [4.78, 5) is 0.325. The van der Waals surface area contributed by atoms with E-state index in [2.05, 4.69) is 4.72 Å². The Morgan fingerprint density at radius 2 is 1.74 bits per heavy atom. The van der Waals surface area contributed by atoms with Crippen molar-refractivity contribution in [2.24, 2.45) is 11.7 Å². The lowest BCUT2D eigenvalue weighted by Gasteiger charge is -2.19. The Morgan fingerprint density at radius 1 is 1.16 bits per heavy atom. The molecule has 1 aromatic rings. The monoisotopic (exact) mass is 284 g/mol. The molecule has 1 aromatic carbocycles. The number of aryl methyl sites for hydroxylation is 2. The highest BCUT2D eigenvalue weighted by molar-refractivity contribution is 7.89. The van der Waals surface area contributed by atoms with Crippen molar-refractivity contribution < 1.29 is 8.42 Å². The second kappa shape index (κ2) is 6.03. The molecule has 0 saturated heterocycles. The van der Waals surface area contributed by atoms with Crippen LogP contribution in [0.2, 0.25) is 0 Å². The van der Waals surface area contributed by atoms with Crippen molar-refractivity contribution >= 4 is 10.0 Å². The van der Waals surface area contributed by atoms with Gasteiger partial charge in [0.1, 0.15) is 0 Å². The highest BCUT2D eigenvalue weighted by atomic mass is 32.2. The number of hydrogen-bond donors (Lipinski definition) is 2. The van der Waals surface area contributed by atoms with Crippen molar-refractivity contribution in [2.75, 3.05) is 0 Å². The molecule has 0 fully saturated rings. The molecule has 1 rings (SSSR count). The molecule has 0 bridgehead atoms. The second-order valence-corrected chi connectivity index (χ2v) is 7.08. The molecule has 19 heavy (non-hydrogen) atoms. The summed E-state index contributed by atoms with van der Waals surface area (Å²) >= 11 is 0. The van der Waals surface area contributed by atoms with E-state index in [9.17, 15) is 8.42 Å². The second-order valence-electron chi connectivity index (χ2n) is 5.40. The molecule has 0 amide bonds. The highest BCUT2D eigenvalue weighted by Gasteiger charge is 2.21. The minimum absolute atomic E-state index is 0.105. The van der Waals surface area contributed by atoms with Crippen LogP contribution in [0.25, 0.3) is 0 Å². The maximum Gasteiger partial charge on any atom is 0.241 e. The van der Waals surface area contributed by atoms with Crippen LogP contribution in [0.15, 0.2) is 17.0 Å². The van der Waals surface area contributed by atoms with Crippen molar-refractivity contribution in [2.45, 2.75) is 52.1 Å². The van der Waals surface area contributed by atoms with Gasteiger partial charge in [-0.05, 0) is 49.4 Å². The van der Waals surface area contributed by atoms with Gasteiger partial charge in [-0.1, -0.05) is 19.9 Å². The van der Waals surface area contributed by atoms with Crippen LogP contribution in [-0.4, -0.2) is 14.5 Å². The van der Waals surface area contributed by atoms with E-state index in [-0.39, 0.29) is 12.0 Å². The van der Waals surface area contributed by atoms with Crippen LogP contribution in [0, 0.1) is 19.8 Å². The molecule has 1 atom stereocenters. The van der Waals surface area contributed by atoms with Gasteiger partial charge in [-0.3, -0.25) is 0 Å². The molecule has 0 saturated carbocycles. The Morgan fingerprint density at radius 3 is 2.21 bits per heavy atom. The van der Waals surface area contributed by atoms with E-state index >= 15 is 0 Å². The van der Waals surface area contributed by atoms with Gasteiger partial charge in [0, 0.05) is 12.6 Å². The zero-order valence-electron chi connectivity index (χ0n) is 12.3. The number of sulfonamides is 1. The minimum atomic E-state index is -3.49. The van der Waals surface area contributed by atoms with Gasteiger partial charge in [-0.2, -0.15) is 0 Å². The van der Waals surface area contributed by atoms with Gasteiger partial charge < -0.3 is 5.73 Å². The summed E-state index contributed by atoms with van der Waals surface area (Å²) in [5.74, 6) is 0.245. The van der Waals surface area contributed by atoms with E-state index in [1.165, 1.54) is 0 Å². The summed E-state index contributed by atoms with van der Waals surface area (Å²) in [6.45, 7) is 9.93. The maximum atomic E-state index is 12.4. The minimum Gasteiger partial charge on any atom is -0.326 e. The molecule has 4 nitrogen and oxygen atoms in total. The topological polar surface area (TPSA) is 72.2 Å². The average Bonchev–Trinajstić information content (AvgIpc) is 2.27. The number of hydrogen-bond acceptors (Lipinski definition) is 3. The first-order valence-electron chi connectivity index (χ1n) is 6.51. The lowest BCUT2D eigenvalue weighted by Crippen LogP contribution is -2.36. The molecular formula is C14H24N2O2S. The fourth-order valence-corrected chi connectivity index (χ4v) is 3.50. The van der Waals surface area contributed by atoms with Crippen LogP contribution in [0.1, 0.15) is 37.5 Å². The van der Waals surface area contributed by atoms with Gasteiger partial charge in [-0.15, -0.1) is 0 Å². The lowest BCUT2D eigenvalue weighted by molar-refractivity contribution is 0.476. The van der Waals surface area contributed by atoms with Crippen LogP contribution in [0.4, 0.5) is 0 Å². The van der Waals surface area contributed by atoms with Crippen molar-refractivity contribution in [1.29, 1.82) is 0 Å². The Kier molecular flexibility index (Phi) is 5.12. The molecule has 5 heteroatoms. The van der Waals surface area contributed by atoms with Crippen LogP contribution in [0.5, 0.6) is 0 Å². The molecule has 3 N–H and O–H groups in total. The van der Waals surface area contributed by atoms with Gasteiger partial charge >= 0.3 is 0 Å². The fraction of sp³-hybridized carbons (Fsp3) is 0.571. The molecular weight excluding hydrogens is 260 g/mol. The standard InChI is InChI=1S/C14H24N2O2S/c1-9(2)12(5)16-19(17,18)14-7-13(8-15)10(3)6-11(14)4/h6-7,9,12,16H,8,15H2,1-5H3. The van der Waals surface area contributed by atoms with E-state index in [1.807, 2.05) is 40.7 Å². The normalized spacial score (nSPS) is 13.8. The van der Waals surface area contributed by atoms with E-state index in [0.29, 0.717) is 11.4 Å². The SMILES string of the molecule is Cc1cc(C)c(S(=O)(=O)NC(C)C(C)C)cc1CN. The fourth-order valence-electron chi connectivity index (χ4n) is 1.83. The van der Waals surface area contributed by atoms with E-state index in [0.717, 1.165) is 16.7 Å². The third-order valence-electron chi connectivity index (χ3n) is 3.48. The molecule has 0 aliphatic rings. The summed E-state index contributed by atoms with van der Waals surface area (Å²) < 4.78 is 27.5. The number of nitrogens with one attached hydrogen (secondary N) is 1. The summed E-state index contributed by atoms with van der Waals surface area (Å²) in [6, 6.07) is 3.45. The molecule has 108 valence electrons. The summed E-state index contributed by atoms with van der Waals surface area (Å²) in [7, 11) is -3.49. The van der Waals surface area contributed by atoms with Crippen molar-refractivity contribution in [3.63, 3.8) is 0 Å². The smallest absolute Gasteiger partial charge is 0.241 e. The first-order valence-corrected chi connectivity index (χ1v) is 8.00. The van der Waals surface area contributed by atoms with E-state index in [4.69, 9.17) is 5.73 Å². The summed E-state index contributed by atoms with van der Waals surface area (Å²) in [6.07, 6.45) is 0. The Labute approximate surface area is 116 Å². The quantitative estimate of drug-likeness (QED) is 0.869. The maximum absolute atomic E-state index is 12.4. The summed E-state index contributed by atoms with van der Waals surface area (Å²) in [5, 5.41) is 0. The highest BCUT2D eigenvalue weighted by Crippen LogP contribution is 2.21. The predicted molar refractivity (Wildman–Crippen MR) is 78.4 cm³/mol. The number of benzene rings is 1. The molecule has 0 aliphatic heterocycles. The van der Waals surface area contributed by atoms with Crippen LogP contribution >= 0.6 is 0 Å². The third-order valence-corrected chi connectivity index (χ3v) is 5.18. The largest absolute Gasteiger partial charge is 0.326 e. The molecule has 0 spiro atoms. The van der Waals surface area contributed by atoms with Crippen molar-refractivity contribution in [1.82, 2.24) is 4.72 Å². The lowest BCUT2D eigenvalue weighted by atomic mass is 10.1. The zero-order valence-corrected chi connectivity index (χ0v) is 13.1. The van der Waals surface area contributed by atoms with E-state index in [1.54, 1.807) is 6.07 Å². The van der Waals surface area contributed by atoms with Gasteiger partial charge in [0.15, 0.2) is 0 Å². The van der Waals surface area contributed by atoms with Crippen molar-refractivity contribution in [3.05, 3.63) is 28.8 Å². The third kappa shape index (κ3) is 3.78. The molecule has 1 unspecified atom stereocenters. The van der Waals surface area contributed by atoms with Crippen LogP contribution < -0.4 is 10.5 Å². The van der Waals surface area contributed by atoms with Crippen LogP contribution in [-0.2, 0) is 16.6 Å². The first kappa shape index (κ1) is 16.1. The molecule has 0 aliphatic carbocycles. The molecule has 0 radical (unpaired) electrons. The van der Waals surface area contributed by atoms with Gasteiger partial charge in [0.05, 0.1) is 4.90 Å². The Balaban J connectivity index is 3.21. The first-order chi connectivity index (χ1) is 8.69. The van der Waals surface area contributed by atoms with Gasteiger partial charge in [0.25, 0.3) is 0 Å². The van der Waals surface area contributed by atoms with Crippen LogP contribution in [0.3, 0.4) is 0 Å². The Bertz CT molecular complexity index is 551. The zero-order chi connectivity index (χ0) is 14.8. The number of nitrogens with two attached hydrogens (primary N) is 1. The van der Waals surface area contributed by atoms with Gasteiger partial charge in [0.2, 0.25) is 10.0 Å².